The molecule has 5 heteroatoms. The predicted octanol–water partition coefficient (Wildman–Crippen LogP) is 2.72. The van der Waals surface area contributed by atoms with E-state index in [1.54, 1.807) is 12.1 Å². The van der Waals surface area contributed by atoms with Crippen molar-refractivity contribution in [3.05, 3.63) is 24.3 Å². The Morgan fingerprint density at radius 1 is 1.23 bits per heavy atom. The van der Waals surface area contributed by atoms with E-state index >= 15 is 0 Å². The second-order valence-electron chi connectivity index (χ2n) is 5.90. The lowest BCUT2D eigenvalue weighted by Gasteiger charge is -2.29. The van der Waals surface area contributed by atoms with Crippen LogP contribution in [0.2, 0.25) is 0 Å². The van der Waals surface area contributed by atoms with Gasteiger partial charge in [0.05, 0.1) is 5.69 Å². The molecule has 22 heavy (non-hydrogen) atoms. The highest BCUT2D eigenvalue weighted by Crippen LogP contribution is 2.25. The Bertz CT molecular complexity index is 530. The summed E-state index contributed by atoms with van der Waals surface area (Å²) in [5.41, 5.74) is 0.578. The molecule has 1 saturated carbocycles. The maximum absolute atomic E-state index is 12.0. The Morgan fingerprint density at radius 3 is 2.68 bits per heavy atom. The van der Waals surface area contributed by atoms with Crippen LogP contribution in [0.3, 0.4) is 0 Å². The Morgan fingerprint density at radius 2 is 1.95 bits per heavy atom. The van der Waals surface area contributed by atoms with Crippen molar-refractivity contribution in [2.45, 2.75) is 45.6 Å². The Labute approximate surface area is 131 Å². The van der Waals surface area contributed by atoms with Crippen LogP contribution in [0.4, 0.5) is 5.69 Å². The number of hydrogen-bond donors (Lipinski definition) is 2. The molecule has 1 aromatic rings. The highest BCUT2D eigenvalue weighted by Gasteiger charge is 2.22. The summed E-state index contributed by atoms with van der Waals surface area (Å²) in [5.74, 6) is 0.738. The van der Waals surface area contributed by atoms with Crippen LogP contribution in [0.25, 0.3) is 0 Å². The van der Waals surface area contributed by atoms with Gasteiger partial charge in [-0.05, 0) is 30.9 Å². The Kier molecular flexibility index (Phi) is 5.81. The molecule has 1 aliphatic rings. The number of amides is 2. The summed E-state index contributed by atoms with van der Waals surface area (Å²) < 4.78 is 5.55. The first-order chi connectivity index (χ1) is 10.6. The molecule has 0 saturated heterocycles. The van der Waals surface area contributed by atoms with Gasteiger partial charge in [-0.1, -0.05) is 31.9 Å². The van der Waals surface area contributed by atoms with E-state index in [1.807, 2.05) is 12.1 Å². The van der Waals surface area contributed by atoms with Crippen molar-refractivity contribution in [1.29, 1.82) is 0 Å². The smallest absolute Gasteiger partial charge is 0.258 e. The van der Waals surface area contributed by atoms with Gasteiger partial charge in [0.1, 0.15) is 5.75 Å². The molecule has 0 unspecified atom stereocenters. The van der Waals surface area contributed by atoms with Crippen LogP contribution in [-0.4, -0.2) is 24.5 Å². The van der Waals surface area contributed by atoms with Crippen LogP contribution >= 0.6 is 0 Å². The fraction of sp³-hybridized carbons (Fsp3) is 0.529. The number of benzene rings is 1. The SMILES string of the molecule is CC(=O)Nc1ccccc1OCC(=O)N[C@H]1CCCC[C@H]1C. The first kappa shape index (κ1) is 16.3. The molecule has 2 amide bonds. The third kappa shape index (κ3) is 4.76. The van der Waals surface area contributed by atoms with E-state index in [2.05, 4.69) is 17.6 Å². The summed E-state index contributed by atoms with van der Waals surface area (Å²) in [4.78, 5) is 23.2. The lowest BCUT2D eigenvalue weighted by Crippen LogP contribution is -2.43. The van der Waals surface area contributed by atoms with Gasteiger partial charge in [0.25, 0.3) is 5.91 Å². The minimum absolute atomic E-state index is 0.0418. The molecule has 0 radical (unpaired) electrons. The van der Waals surface area contributed by atoms with E-state index in [1.165, 1.54) is 19.8 Å². The van der Waals surface area contributed by atoms with Crippen molar-refractivity contribution in [1.82, 2.24) is 5.32 Å². The van der Waals surface area contributed by atoms with Crippen molar-refractivity contribution in [3.63, 3.8) is 0 Å². The molecule has 1 aromatic carbocycles. The van der Waals surface area contributed by atoms with Gasteiger partial charge < -0.3 is 15.4 Å². The maximum Gasteiger partial charge on any atom is 0.258 e. The molecule has 2 rings (SSSR count). The van der Waals surface area contributed by atoms with Gasteiger partial charge in [0.15, 0.2) is 6.61 Å². The second kappa shape index (κ2) is 7.82. The van der Waals surface area contributed by atoms with Gasteiger partial charge in [-0.2, -0.15) is 0 Å². The first-order valence-corrected chi connectivity index (χ1v) is 7.85. The monoisotopic (exact) mass is 304 g/mol. The molecule has 0 heterocycles. The topological polar surface area (TPSA) is 67.4 Å². The van der Waals surface area contributed by atoms with Crippen molar-refractivity contribution in [2.75, 3.05) is 11.9 Å². The molecule has 0 aliphatic heterocycles. The van der Waals surface area contributed by atoms with E-state index in [4.69, 9.17) is 4.74 Å². The van der Waals surface area contributed by atoms with E-state index < -0.39 is 0 Å². The average molecular weight is 304 g/mol. The van der Waals surface area contributed by atoms with Gasteiger partial charge in [-0.25, -0.2) is 0 Å². The van der Waals surface area contributed by atoms with Gasteiger partial charge in [-0.15, -0.1) is 0 Å². The highest BCUT2D eigenvalue weighted by molar-refractivity contribution is 5.90. The predicted molar refractivity (Wildman–Crippen MR) is 85.8 cm³/mol. The Balaban J connectivity index is 1.87. The van der Waals surface area contributed by atoms with Crippen molar-refractivity contribution in [3.8, 4) is 5.75 Å². The summed E-state index contributed by atoms with van der Waals surface area (Å²) >= 11 is 0. The molecular weight excluding hydrogens is 280 g/mol. The van der Waals surface area contributed by atoms with Gasteiger partial charge >= 0.3 is 0 Å². The standard InChI is InChI=1S/C17H24N2O3/c1-12-7-3-4-8-14(12)19-17(21)11-22-16-10-6-5-9-15(16)18-13(2)20/h5-6,9-10,12,14H,3-4,7-8,11H2,1-2H3,(H,18,20)(H,19,21)/t12-,14+/m1/s1. The average Bonchev–Trinajstić information content (AvgIpc) is 2.48. The highest BCUT2D eigenvalue weighted by atomic mass is 16.5. The zero-order valence-electron chi connectivity index (χ0n) is 13.2. The van der Waals surface area contributed by atoms with Gasteiger partial charge in [-0.3, -0.25) is 9.59 Å². The number of carbonyl (C=O) groups is 2. The minimum atomic E-state index is -0.170. The van der Waals surface area contributed by atoms with E-state index in [0.717, 1.165) is 12.8 Å². The van der Waals surface area contributed by atoms with Crippen molar-refractivity contribution < 1.29 is 14.3 Å². The summed E-state index contributed by atoms with van der Waals surface area (Å²) in [5, 5.41) is 5.74. The largest absolute Gasteiger partial charge is 0.482 e. The van der Waals surface area contributed by atoms with E-state index in [9.17, 15) is 9.59 Å². The van der Waals surface area contributed by atoms with Crippen LogP contribution in [-0.2, 0) is 9.59 Å². The van der Waals surface area contributed by atoms with Crippen LogP contribution in [0.5, 0.6) is 5.75 Å². The number of nitrogens with one attached hydrogen (secondary N) is 2. The second-order valence-corrected chi connectivity index (χ2v) is 5.90. The molecule has 2 atom stereocenters. The number of ether oxygens (including phenoxy) is 1. The zero-order valence-corrected chi connectivity index (χ0v) is 13.2. The lowest BCUT2D eigenvalue weighted by molar-refractivity contribution is -0.124. The third-order valence-corrected chi connectivity index (χ3v) is 4.01. The molecule has 0 aromatic heterocycles. The van der Waals surface area contributed by atoms with Gasteiger partial charge in [0.2, 0.25) is 5.91 Å². The Hall–Kier alpha value is -2.04. The van der Waals surface area contributed by atoms with Gasteiger partial charge in [0, 0.05) is 13.0 Å². The minimum Gasteiger partial charge on any atom is -0.482 e. The number of anilines is 1. The molecular formula is C17H24N2O3. The summed E-state index contributed by atoms with van der Waals surface area (Å²) in [6.45, 7) is 3.57. The maximum atomic E-state index is 12.0. The van der Waals surface area contributed by atoms with E-state index in [0.29, 0.717) is 17.4 Å². The molecule has 5 nitrogen and oxygen atoms in total. The summed E-state index contributed by atoms with van der Waals surface area (Å²) in [6.07, 6.45) is 4.61. The molecule has 2 N–H and O–H groups in total. The molecule has 0 bridgehead atoms. The molecule has 1 fully saturated rings. The molecule has 1 aliphatic carbocycles. The van der Waals surface area contributed by atoms with Crippen molar-refractivity contribution in [2.24, 2.45) is 5.92 Å². The lowest BCUT2D eigenvalue weighted by atomic mass is 9.86. The number of rotatable bonds is 5. The third-order valence-electron chi connectivity index (χ3n) is 4.01. The number of hydrogen-bond acceptors (Lipinski definition) is 3. The normalized spacial score (nSPS) is 21.0. The van der Waals surface area contributed by atoms with Crippen molar-refractivity contribution >= 4 is 17.5 Å². The van der Waals surface area contributed by atoms with Crippen LogP contribution in [0.15, 0.2) is 24.3 Å². The summed E-state index contributed by atoms with van der Waals surface area (Å²) in [6, 6.07) is 7.35. The van der Waals surface area contributed by atoms with Crippen LogP contribution in [0, 0.1) is 5.92 Å². The quantitative estimate of drug-likeness (QED) is 0.879. The molecule has 0 spiro atoms. The zero-order chi connectivity index (χ0) is 15.9. The van der Waals surface area contributed by atoms with Crippen LogP contribution in [0.1, 0.15) is 39.5 Å². The van der Waals surface area contributed by atoms with E-state index in [-0.39, 0.29) is 24.5 Å². The fourth-order valence-electron chi connectivity index (χ4n) is 2.81. The van der Waals surface area contributed by atoms with Crippen LogP contribution < -0.4 is 15.4 Å². The number of para-hydroxylation sites is 2. The summed E-state index contributed by atoms with van der Waals surface area (Å²) in [7, 11) is 0. The number of carbonyl (C=O) groups excluding carboxylic acids is 2. The first-order valence-electron chi connectivity index (χ1n) is 7.85. The fourth-order valence-corrected chi connectivity index (χ4v) is 2.81. The molecule has 120 valence electrons.